The van der Waals surface area contributed by atoms with Gasteiger partial charge in [-0.1, -0.05) is 20.3 Å². The van der Waals surface area contributed by atoms with E-state index in [1.54, 1.807) is 0 Å². The molecule has 2 nitrogen and oxygen atoms in total. The van der Waals surface area contributed by atoms with Crippen molar-refractivity contribution in [3.05, 3.63) is 0 Å². The van der Waals surface area contributed by atoms with Crippen LogP contribution in [-0.2, 0) is 0 Å². The minimum absolute atomic E-state index is 0.738. The van der Waals surface area contributed by atoms with Gasteiger partial charge in [-0.05, 0) is 37.8 Å². The van der Waals surface area contributed by atoms with Crippen LogP contribution in [0.2, 0.25) is 0 Å². The number of hydrogen-bond donors (Lipinski definition) is 1. The van der Waals surface area contributed by atoms with Gasteiger partial charge in [0.2, 0.25) is 0 Å². The zero-order valence-electron chi connectivity index (χ0n) is 11.2. The Morgan fingerprint density at radius 3 is 2.81 bits per heavy atom. The summed E-state index contributed by atoms with van der Waals surface area (Å²) in [5, 5.41) is 3.69. The molecule has 16 heavy (non-hydrogen) atoms. The van der Waals surface area contributed by atoms with Crippen molar-refractivity contribution in [1.29, 1.82) is 0 Å². The molecule has 96 valence electrons. The lowest BCUT2D eigenvalue weighted by Gasteiger charge is -2.40. The molecule has 0 aliphatic carbocycles. The van der Waals surface area contributed by atoms with Gasteiger partial charge in [-0.2, -0.15) is 11.8 Å². The molecule has 0 bridgehead atoms. The van der Waals surface area contributed by atoms with Crippen LogP contribution < -0.4 is 5.32 Å². The molecule has 0 aromatic rings. The van der Waals surface area contributed by atoms with E-state index in [2.05, 4.69) is 30.3 Å². The Bertz CT molecular complexity index is 175. The zero-order chi connectivity index (χ0) is 11.8. The molecule has 2 atom stereocenters. The average Bonchev–Trinajstić information content (AvgIpc) is 2.30. The number of nitrogens with zero attached hydrogens (tertiary/aromatic N) is 1. The molecule has 1 N–H and O–H groups in total. The molecular weight excluding hydrogens is 216 g/mol. The molecule has 0 radical (unpaired) electrons. The average molecular weight is 244 g/mol. The van der Waals surface area contributed by atoms with Crippen molar-refractivity contribution in [2.24, 2.45) is 0 Å². The Balaban J connectivity index is 2.34. The summed E-state index contributed by atoms with van der Waals surface area (Å²) in [4.78, 5) is 2.72. The van der Waals surface area contributed by atoms with Crippen LogP contribution in [0.15, 0.2) is 0 Å². The third kappa shape index (κ3) is 4.64. The maximum Gasteiger partial charge on any atom is 0.0218 e. The van der Waals surface area contributed by atoms with E-state index in [0.717, 1.165) is 12.1 Å². The Morgan fingerprint density at radius 1 is 1.38 bits per heavy atom. The molecule has 1 aliphatic heterocycles. The molecule has 3 heteroatoms. The minimum Gasteiger partial charge on any atom is -0.311 e. The standard InChI is InChI=1S/C13H28N2S/c1-4-7-12-11-15(8-6-9-16-3)13(5-2)10-14-12/h12-14H,4-11H2,1-3H3. The number of hydrogen-bond acceptors (Lipinski definition) is 3. The summed E-state index contributed by atoms with van der Waals surface area (Å²) in [6.45, 7) is 8.35. The van der Waals surface area contributed by atoms with E-state index in [1.807, 2.05) is 11.8 Å². The molecular formula is C13H28N2S. The van der Waals surface area contributed by atoms with Crippen LogP contribution in [0.1, 0.15) is 39.5 Å². The van der Waals surface area contributed by atoms with E-state index in [9.17, 15) is 0 Å². The Morgan fingerprint density at radius 2 is 2.19 bits per heavy atom. The molecule has 0 amide bonds. The molecule has 2 unspecified atom stereocenters. The zero-order valence-corrected chi connectivity index (χ0v) is 12.0. The number of rotatable bonds is 7. The number of thioether (sulfide) groups is 1. The molecule has 0 aromatic carbocycles. The van der Waals surface area contributed by atoms with E-state index >= 15 is 0 Å². The second kappa shape index (κ2) is 8.37. The van der Waals surface area contributed by atoms with Crippen LogP contribution in [0.4, 0.5) is 0 Å². The summed E-state index contributed by atoms with van der Waals surface area (Å²) in [5.74, 6) is 1.30. The second-order valence-corrected chi connectivity index (χ2v) is 5.78. The first-order valence-electron chi connectivity index (χ1n) is 6.78. The lowest BCUT2D eigenvalue weighted by Crippen LogP contribution is -2.56. The summed E-state index contributed by atoms with van der Waals surface area (Å²) in [7, 11) is 0. The summed E-state index contributed by atoms with van der Waals surface area (Å²) >= 11 is 1.97. The molecule has 0 spiro atoms. The van der Waals surface area contributed by atoms with Gasteiger partial charge in [0.1, 0.15) is 0 Å². The topological polar surface area (TPSA) is 15.3 Å². The first-order chi connectivity index (χ1) is 7.81. The van der Waals surface area contributed by atoms with Gasteiger partial charge in [0, 0.05) is 25.2 Å². The van der Waals surface area contributed by atoms with E-state index in [0.29, 0.717) is 0 Å². The highest BCUT2D eigenvalue weighted by molar-refractivity contribution is 7.98. The molecule has 1 saturated heterocycles. The molecule has 0 saturated carbocycles. The van der Waals surface area contributed by atoms with Crippen LogP contribution in [0.5, 0.6) is 0 Å². The van der Waals surface area contributed by atoms with Crippen LogP contribution >= 0.6 is 11.8 Å². The lowest BCUT2D eigenvalue weighted by molar-refractivity contribution is 0.123. The monoisotopic (exact) mass is 244 g/mol. The van der Waals surface area contributed by atoms with Gasteiger partial charge in [0.15, 0.2) is 0 Å². The predicted molar refractivity (Wildman–Crippen MR) is 75.3 cm³/mol. The fourth-order valence-corrected chi connectivity index (χ4v) is 2.98. The Hall–Kier alpha value is 0.270. The highest BCUT2D eigenvalue weighted by Gasteiger charge is 2.25. The van der Waals surface area contributed by atoms with Gasteiger partial charge in [-0.15, -0.1) is 0 Å². The summed E-state index contributed by atoms with van der Waals surface area (Å²) in [5.41, 5.74) is 0. The molecule has 1 fully saturated rings. The Labute approximate surface area is 106 Å². The summed E-state index contributed by atoms with van der Waals surface area (Å²) in [6.07, 6.45) is 7.46. The van der Waals surface area contributed by atoms with E-state index in [-0.39, 0.29) is 0 Å². The number of nitrogens with one attached hydrogen (secondary N) is 1. The van der Waals surface area contributed by atoms with Gasteiger partial charge in [-0.25, -0.2) is 0 Å². The minimum atomic E-state index is 0.738. The van der Waals surface area contributed by atoms with Gasteiger partial charge in [-0.3, -0.25) is 4.90 Å². The third-order valence-corrected chi connectivity index (χ3v) is 4.21. The molecule has 0 aromatic heterocycles. The summed E-state index contributed by atoms with van der Waals surface area (Å²) in [6, 6.07) is 1.51. The fourth-order valence-electron chi connectivity index (χ4n) is 2.56. The second-order valence-electron chi connectivity index (χ2n) is 4.80. The lowest BCUT2D eigenvalue weighted by atomic mass is 10.0. The number of piperazine rings is 1. The van der Waals surface area contributed by atoms with Crippen molar-refractivity contribution < 1.29 is 0 Å². The Kier molecular flexibility index (Phi) is 7.50. The maximum absolute atomic E-state index is 3.69. The third-order valence-electron chi connectivity index (χ3n) is 3.52. The predicted octanol–water partition coefficient (Wildman–Crippen LogP) is 2.59. The van der Waals surface area contributed by atoms with Gasteiger partial charge in [0.05, 0.1) is 0 Å². The smallest absolute Gasteiger partial charge is 0.0218 e. The van der Waals surface area contributed by atoms with Gasteiger partial charge >= 0.3 is 0 Å². The van der Waals surface area contributed by atoms with E-state index < -0.39 is 0 Å². The van der Waals surface area contributed by atoms with Crippen molar-refractivity contribution in [1.82, 2.24) is 10.2 Å². The fraction of sp³-hybridized carbons (Fsp3) is 1.00. The highest BCUT2D eigenvalue weighted by Crippen LogP contribution is 2.14. The highest BCUT2D eigenvalue weighted by atomic mass is 32.2. The van der Waals surface area contributed by atoms with Crippen LogP contribution in [0, 0.1) is 0 Å². The van der Waals surface area contributed by atoms with Crippen molar-refractivity contribution in [2.45, 2.75) is 51.6 Å². The summed E-state index contributed by atoms with van der Waals surface area (Å²) < 4.78 is 0. The van der Waals surface area contributed by atoms with Gasteiger partial charge < -0.3 is 5.32 Å². The van der Waals surface area contributed by atoms with Crippen molar-refractivity contribution in [2.75, 3.05) is 31.6 Å². The first-order valence-corrected chi connectivity index (χ1v) is 8.17. The normalized spacial score (nSPS) is 27.2. The maximum atomic E-state index is 3.69. The molecule has 1 rings (SSSR count). The van der Waals surface area contributed by atoms with Gasteiger partial charge in [0.25, 0.3) is 0 Å². The molecule has 1 heterocycles. The van der Waals surface area contributed by atoms with Crippen LogP contribution in [0.3, 0.4) is 0 Å². The van der Waals surface area contributed by atoms with Crippen molar-refractivity contribution >= 4 is 11.8 Å². The first kappa shape index (κ1) is 14.3. The van der Waals surface area contributed by atoms with Crippen molar-refractivity contribution in [3.8, 4) is 0 Å². The molecule has 1 aliphatic rings. The van der Waals surface area contributed by atoms with E-state index in [4.69, 9.17) is 0 Å². The van der Waals surface area contributed by atoms with Crippen LogP contribution in [0.25, 0.3) is 0 Å². The SMILES string of the molecule is CCCC1CN(CCCSC)C(CC)CN1. The quantitative estimate of drug-likeness (QED) is 0.693. The largest absolute Gasteiger partial charge is 0.311 e. The van der Waals surface area contributed by atoms with Crippen LogP contribution in [-0.4, -0.2) is 48.6 Å². The van der Waals surface area contributed by atoms with Crippen molar-refractivity contribution in [3.63, 3.8) is 0 Å². The van der Waals surface area contributed by atoms with E-state index in [1.165, 1.54) is 51.1 Å².